The van der Waals surface area contributed by atoms with Crippen molar-refractivity contribution in [2.45, 2.75) is 30.2 Å². The van der Waals surface area contributed by atoms with Gasteiger partial charge >= 0.3 is 0 Å². The lowest BCUT2D eigenvalue weighted by Crippen LogP contribution is -2.12. The van der Waals surface area contributed by atoms with Crippen LogP contribution in [0, 0.1) is 0 Å². The zero-order valence-corrected chi connectivity index (χ0v) is 5.33. The largest absolute Gasteiger partial charge is 0.382 e. The second-order valence-electron chi connectivity index (χ2n) is 1.93. The third-order valence-electron chi connectivity index (χ3n) is 1.19. The molecule has 3 heteroatoms. The van der Waals surface area contributed by atoms with Crippen LogP contribution in [0.1, 0.15) is 19.3 Å². The summed E-state index contributed by atoms with van der Waals surface area (Å²) in [5.41, 5.74) is -1.27. The molecule has 48 valence electrons. The molecule has 1 saturated heterocycles. The third kappa shape index (κ3) is 1.63. The fourth-order valence-corrected chi connectivity index (χ4v) is 1.71. The van der Waals surface area contributed by atoms with Crippen LogP contribution in [0.15, 0.2) is 0 Å². The van der Waals surface area contributed by atoms with Crippen LogP contribution >= 0.6 is 11.8 Å². The number of halogens is 1. The summed E-state index contributed by atoms with van der Waals surface area (Å²) in [5.74, 6) is 0. The summed E-state index contributed by atoms with van der Waals surface area (Å²) >= 11 is 1.03. The molecule has 8 heavy (non-hydrogen) atoms. The summed E-state index contributed by atoms with van der Waals surface area (Å²) in [6.45, 7) is 0. The molecule has 0 spiro atoms. The maximum absolute atomic E-state index is 12.2. The fourth-order valence-electron chi connectivity index (χ4n) is 0.759. The second kappa shape index (κ2) is 2.69. The molecule has 0 aliphatic carbocycles. The van der Waals surface area contributed by atoms with Crippen LogP contribution in [0.5, 0.6) is 0 Å². The smallest absolute Gasteiger partial charge is 0.148 e. The first-order chi connectivity index (χ1) is 3.79. The van der Waals surface area contributed by atoms with Gasteiger partial charge in [0.2, 0.25) is 0 Å². The predicted octanol–water partition coefficient (Wildman–Crippen LogP) is 1.52. The van der Waals surface area contributed by atoms with Crippen LogP contribution in [0.3, 0.4) is 0 Å². The number of hydrogen-bond donors (Lipinski definition) is 1. The highest BCUT2D eigenvalue weighted by molar-refractivity contribution is 8.00. The first-order valence-electron chi connectivity index (χ1n) is 2.76. The van der Waals surface area contributed by atoms with Crippen molar-refractivity contribution in [3.05, 3.63) is 0 Å². The number of thioether (sulfide) groups is 1. The number of alkyl halides is 1. The third-order valence-corrected chi connectivity index (χ3v) is 2.27. The molecule has 0 aromatic rings. The molecule has 1 aliphatic heterocycles. The van der Waals surface area contributed by atoms with Gasteiger partial charge < -0.3 is 5.11 Å². The molecule has 0 aromatic carbocycles. The first-order valence-corrected chi connectivity index (χ1v) is 3.71. The van der Waals surface area contributed by atoms with Gasteiger partial charge in [0, 0.05) is 0 Å². The predicted molar refractivity (Wildman–Crippen MR) is 32.3 cm³/mol. The van der Waals surface area contributed by atoms with Crippen LogP contribution in [-0.4, -0.2) is 16.0 Å². The van der Waals surface area contributed by atoms with Crippen molar-refractivity contribution in [3.8, 4) is 0 Å². The molecular weight excluding hydrogens is 127 g/mol. The maximum atomic E-state index is 12.2. The van der Waals surface area contributed by atoms with Gasteiger partial charge in [0.1, 0.15) is 10.9 Å². The Bertz CT molecular complexity index is 70.8. The van der Waals surface area contributed by atoms with E-state index in [1.807, 2.05) is 0 Å². The van der Waals surface area contributed by atoms with E-state index < -0.39 is 10.9 Å². The zero-order chi connectivity index (χ0) is 5.98. The molecule has 0 radical (unpaired) electrons. The van der Waals surface area contributed by atoms with E-state index in [-0.39, 0.29) is 0 Å². The monoisotopic (exact) mass is 136 g/mol. The number of rotatable bonds is 0. The Morgan fingerprint density at radius 1 is 1.50 bits per heavy atom. The van der Waals surface area contributed by atoms with E-state index in [0.717, 1.165) is 24.6 Å². The topological polar surface area (TPSA) is 20.2 Å². The molecule has 1 aliphatic rings. The van der Waals surface area contributed by atoms with Crippen molar-refractivity contribution in [2.75, 3.05) is 0 Å². The van der Waals surface area contributed by atoms with Gasteiger partial charge in [-0.2, -0.15) is 0 Å². The van der Waals surface area contributed by atoms with Gasteiger partial charge in [-0.1, -0.05) is 11.8 Å². The van der Waals surface area contributed by atoms with Gasteiger partial charge in [0.25, 0.3) is 0 Å². The highest BCUT2D eigenvalue weighted by atomic mass is 32.2. The Balaban J connectivity index is 2.23. The Morgan fingerprint density at radius 3 is 2.62 bits per heavy atom. The van der Waals surface area contributed by atoms with Gasteiger partial charge in [0.05, 0.1) is 0 Å². The van der Waals surface area contributed by atoms with Crippen LogP contribution in [0.4, 0.5) is 4.39 Å². The first kappa shape index (κ1) is 6.36. The summed E-state index contributed by atoms with van der Waals surface area (Å²) in [6, 6.07) is 0. The van der Waals surface area contributed by atoms with Crippen molar-refractivity contribution in [1.29, 1.82) is 0 Å². The van der Waals surface area contributed by atoms with Gasteiger partial charge in [-0.05, 0) is 19.3 Å². The summed E-state index contributed by atoms with van der Waals surface area (Å²) in [5, 5.41) is 8.80. The second-order valence-corrected chi connectivity index (χ2v) is 3.26. The van der Waals surface area contributed by atoms with Crippen molar-refractivity contribution >= 4 is 11.8 Å². The van der Waals surface area contributed by atoms with Crippen LogP contribution in [0.2, 0.25) is 0 Å². The van der Waals surface area contributed by atoms with E-state index in [9.17, 15) is 4.39 Å². The maximum Gasteiger partial charge on any atom is 0.148 e. The van der Waals surface area contributed by atoms with E-state index in [4.69, 9.17) is 5.11 Å². The molecule has 1 heterocycles. The van der Waals surface area contributed by atoms with Crippen LogP contribution in [0.25, 0.3) is 0 Å². The minimum absolute atomic E-state index is 0.446. The molecular formula is C5H9FOS. The van der Waals surface area contributed by atoms with Crippen molar-refractivity contribution in [1.82, 2.24) is 0 Å². The summed E-state index contributed by atoms with van der Waals surface area (Å²) in [7, 11) is 0. The summed E-state index contributed by atoms with van der Waals surface area (Å²) in [4.78, 5) is 0. The Morgan fingerprint density at radius 2 is 2.25 bits per heavy atom. The van der Waals surface area contributed by atoms with Gasteiger partial charge in [-0.15, -0.1) is 0 Å². The zero-order valence-electron chi connectivity index (χ0n) is 4.51. The van der Waals surface area contributed by atoms with E-state index in [0.29, 0.717) is 6.42 Å². The van der Waals surface area contributed by atoms with E-state index in [2.05, 4.69) is 0 Å². The average molecular weight is 136 g/mol. The lowest BCUT2D eigenvalue weighted by Gasteiger charge is -2.18. The molecule has 1 nitrogen and oxygen atoms in total. The molecule has 0 amide bonds. The van der Waals surface area contributed by atoms with Crippen molar-refractivity contribution in [2.24, 2.45) is 0 Å². The summed E-state index contributed by atoms with van der Waals surface area (Å²) in [6.07, 6.45) is 2.20. The van der Waals surface area contributed by atoms with Crippen molar-refractivity contribution in [3.63, 3.8) is 0 Å². The van der Waals surface area contributed by atoms with Gasteiger partial charge in [-0.3, -0.25) is 0 Å². The van der Waals surface area contributed by atoms with Gasteiger partial charge in [-0.25, -0.2) is 4.39 Å². The minimum Gasteiger partial charge on any atom is -0.382 e. The average Bonchev–Trinajstić information content (AvgIpc) is 1.64. The fraction of sp³-hybridized carbons (Fsp3) is 1.00. The lowest BCUT2D eigenvalue weighted by molar-refractivity contribution is 0.228. The highest BCUT2D eigenvalue weighted by Crippen LogP contribution is 2.30. The SMILES string of the molecule is OC1CCCC(F)S1. The Labute approximate surface area is 52.3 Å². The molecule has 1 N–H and O–H groups in total. The Kier molecular flexibility index (Phi) is 2.14. The van der Waals surface area contributed by atoms with Crippen LogP contribution < -0.4 is 0 Å². The number of aliphatic hydroxyl groups excluding tert-OH is 1. The van der Waals surface area contributed by atoms with E-state index >= 15 is 0 Å². The Hall–Kier alpha value is 0.240. The number of hydrogen-bond acceptors (Lipinski definition) is 2. The minimum atomic E-state index is -0.821. The summed E-state index contributed by atoms with van der Waals surface area (Å²) < 4.78 is 12.2. The van der Waals surface area contributed by atoms with E-state index in [1.54, 1.807) is 0 Å². The quantitative estimate of drug-likeness (QED) is 0.544. The molecule has 2 unspecified atom stereocenters. The standard InChI is InChI=1S/C5H9FOS/c6-4-2-1-3-5(7)8-4/h4-5,7H,1-3H2. The normalized spacial score (nSPS) is 39.8. The molecule has 0 saturated carbocycles. The molecule has 2 atom stereocenters. The number of aliphatic hydroxyl groups is 1. The lowest BCUT2D eigenvalue weighted by atomic mass is 10.2. The molecule has 1 rings (SSSR count). The van der Waals surface area contributed by atoms with Gasteiger partial charge in [0.15, 0.2) is 0 Å². The molecule has 0 aromatic heterocycles. The molecule has 1 fully saturated rings. The van der Waals surface area contributed by atoms with E-state index in [1.165, 1.54) is 0 Å². The van der Waals surface area contributed by atoms with Crippen LogP contribution in [-0.2, 0) is 0 Å². The van der Waals surface area contributed by atoms with Crippen molar-refractivity contribution < 1.29 is 9.50 Å². The highest BCUT2D eigenvalue weighted by Gasteiger charge is 2.18. The molecule has 0 bridgehead atoms.